The maximum atomic E-state index is 11.9. The van der Waals surface area contributed by atoms with Crippen LogP contribution in [-0.2, 0) is 13.6 Å². The van der Waals surface area contributed by atoms with E-state index >= 15 is 0 Å². The Hall–Kier alpha value is -0.730. The molecule has 0 rings (SSSR count). The lowest BCUT2D eigenvalue weighted by Gasteiger charge is -2.07. The first kappa shape index (κ1) is 36.3. The van der Waals surface area contributed by atoms with Crippen molar-refractivity contribution in [2.75, 3.05) is 0 Å². The summed E-state index contributed by atoms with van der Waals surface area (Å²) in [6, 6.07) is 0. The second kappa shape index (κ2) is 29.8. The molecule has 5 heteroatoms. The summed E-state index contributed by atoms with van der Waals surface area (Å²) in [7, 11) is -4.04. The Morgan fingerprint density at radius 1 is 0.459 bits per heavy atom. The largest absolute Gasteiger partial charge is 0.583 e. The van der Waals surface area contributed by atoms with Crippen molar-refractivity contribution in [3.8, 4) is 0 Å². The zero-order chi connectivity index (χ0) is 27.1. The molecule has 0 fully saturated rings. The number of allylic oxidation sites excluding steroid dienone is 2. The van der Waals surface area contributed by atoms with Crippen molar-refractivity contribution in [1.29, 1.82) is 0 Å². The number of hydrogen-bond acceptors (Lipinski definition) is 3. The number of phosphoric acid groups is 1. The molecule has 0 spiro atoms. The van der Waals surface area contributed by atoms with Crippen LogP contribution in [-0.4, -0.2) is 4.89 Å². The first-order valence-corrected chi connectivity index (χ1v) is 17.6. The fourth-order valence-electron chi connectivity index (χ4n) is 4.61. The van der Waals surface area contributed by atoms with Crippen molar-refractivity contribution in [1.82, 2.24) is 0 Å². The van der Waals surface area contributed by atoms with Gasteiger partial charge in [-0.15, -0.1) is 0 Å². The normalized spacial score (nSPS) is 13.5. The maximum absolute atomic E-state index is 11.9. The molecule has 0 unspecified atom stereocenters. The lowest BCUT2D eigenvalue weighted by Crippen LogP contribution is -1.85. The van der Waals surface area contributed by atoms with E-state index in [2.05, 4.69) is 13.8 Å². The average Bonchev–Trinajstić information content (AvgIpc) is 2.88. The minimum Gasteiger partial charge on any atom is -0.404 e. The summed E-state index contributed by atoms with van der Waals surface area (Å²) < 4.78 is 21.7. The van der Waals surface area contributed by atoms with Gasteiger partial charge in [-0.25, -0.2) is 4.57 Å². The molecule has 0 aromatic heterocycles. The van der Waals surface area contributed by atoms with Crippen LogP contribution in [0, 0.1) is 0 Å². The van der Waals surface area contributed by atoms with Crippen molar-refractivity contribution < 1.29 is 18.5 Å². The Morgan fingerprint density at radius 3 is 0.973 bits per heavy atom. The molecule has 0 amide bonds. The summed E-state index contributed by atoms with van der Waals surface area (Å²) >= 11 is 0. The second-order valence-electron chi connectivity index (χ2n) is 10.8. The molecule has 0 saturated carbocycles. The zero-order valence-electron chi connectivity index (χ0n) is 24.8. The monoisotopic (exact) mass is 542 g/mol. The highest BCUT2D eigenvalue weighted by molar-refractivity contribution is 7.47. The predicted octanol–water partition coefficient (Wildman–Crippen LogP) is 12.3. The number of unbranched alkanes of at least 4 members (excludes halogenated alkanes) is 24. The van der Waals surface area contributed by atoms with Crippen LogP contribution in [0.3, 0.4) is 0 Å². The summed E-state index contributed by atoms with van der Waals surface area (Å²) in [5, 5.41) is 0. The summed E-state index contributed by atoms with van der Waals surface area (Å²) in [5.74, 6) is 0. The summed E-state index contributed by atoms with van der Waals surface area (Å²) in [5.41, 5.74) is 0. The Balaban J connectivity index is 3.43. The number of rotatable bonds is 30. The third kappa shape index (κ3) is 31.4. The molecule has 0 radical (unpaired) electrons. The molecule has 0 aliphatic carbocycles. The molecule has 0 heterocycles. The maximum Gasteiger partial charge on any atom is 0.583 e. The molecule has 37 heavy (non-hydrogen) atoms. The first-order valence-electron chi connectivity index (χ1n) is 16.1. The molecular formula is C32H63O4P. The van der Waals surface area contributed by atoms with Gasteiger partial charge in [-0.1, -0.05) is 155 Å². The van der Waals surface area contributed by atoms with Gasteiger partial charge in [0.05, 0.1) is 12.5 Å². The van der Waals surface area contributed by atoms with Crippen LogP contribution in [0.25, 0.3) is 0 Å². The van der Waals surface area contributed by atoms with Gasteiger partial charge in [0.1, 0.15) is 0 Å². The van der Waals surface area contributed by atoms with E-state index in [1.165, 1.54) is 154 Å². The zero-order valence-corrected chi connectivity index (χ0v) is 25.7. The quantitative estimate of drug-likeness (QED) is 0.0557. The minimum absolute atomic E-state index is 0.867. The standard InChI is InChI=1S/C32H63O4P/c1-3-5-7-9-11-13-15-17-19-21-23-25-27-29-31-35-37(33,34)36-32-30-28-26-24-22-20-18-16-14-12-10-8-6-4-2/h29-32H,3-28H2,1-2H3,(H,33,34). The van der Waals surface area contributed by atoms with E-state index in [1.807, 2.05) is 12.2 Å². The van der Waals surface area contributed by atoms with E-state index in [1.54, 1.807) is 0 Å². The predicted molar refractivity (Wildman–Crippen MR) is 162 cm³/mol. The smallest absolute Gasteiger partial charge is 0.404 e. The molecule has 0 aromatic rings. The summed E-state index contributed by atoms with van der Waals surface area (Å²) in [4.78, 5) is 9.73. The van der Waals surface area contributed by atoms with Crippen LogP contribution < -0.4 is 0 Å². The summed E-state index contributed by atoms with van der Waals surface area (Å²) in [6.45, 7) is 4.53. The third-order valence-electron chi connectivity index (χ3n) is 7.03. The Kier molecular flexibility index (Phi) is 29.2. The van der Waals surface area contributed by atoms with Gasteiger partial charge in [0, 0.05) is 0 Å². The van der Waals surface area contributed by atoms with Crippen molar-refractivity contribution in [2.45, 2.75) is 181 Å². The lowest BCUT2D eigenvalue weighted by atomic mass is 10.0. The van der Waals surface area contributed by atoms with E-state index in [4.69, 9.17) is 9.05 Å². The van der Waals surface area contributed by atoms with E-state index in [-0.39, 0.29) is 0 Å². The fourth-order valence-corrected chi connectivity index (χ4v) is 5.14. The lowest BCUT2D eigenvalue weighted by molar-refractivity contribution is 0.243. The number of hydrogen-bond donors (Lipinski definition) is 1. The molecule has 0 aromatic carbocycles. The van der Waals surface area contributed by atoms with Gasteiger partial charge in [-0.05, 0) is 37.8 Å². The highest BCUT2D eigenvalue weighted by atomic mass is 31.2. The Bertz CT molecular complexity index is 503. The topological polar surface area (TPSA) is 55.8 Å². The Labute approximate surface area is 231 Å². The van der Waals surface area contributed by atoms with E-state index in [0.717, 1.165) is 25.7 Å². The summed E-state index contributed by atoms with van der Waals surface area (Å²) in [6.07, 6.45) is 39.9. The highest BCUT2D eigenvalue weighted by Gasteiger charge is 2.19. The van der Waals surface area contributed by atoms with Crippen LogP contribution in [0.4, 0.5) is 0 Å². The van der Waals surface area contributed by atoms with Gasteiger partial charge in [0.2, 0.25) is 0 Å². The van der Waals surface area contributed by atoms with Crippen molar-refractivity contribution in [3.63, 3.8) is 0 Å². The second-order valence-corrected chi connectivity index (χ2v) is 12.1. The third-order valence-corrected chi connectivity index (χ3v) is 7.81. The minimum atomic E-state index is -4.04. The number of phosphoric ester groups is 1. The van der Waals surface area contributed by atoms with E-state index in [9.17, 15) is 9.46 Å². The van der Waals surface area contributed by atoms with Crippen LogP contribution in [0.15, 0.2) is 24.7 Å². The molecule has 0 aliphatic heterocycles. The van der Waals surface area contributed by atoms with Crippen LogP contribution in [0.5, 0.6) is 0 Å². The molecule has 0 aliphatic rings. The molecule has 0 bridgehead atoms. The van der Waals surface area contributed by atoms with Gasteiger partial charge < -0.3 is 9.05 Å². The highest BCUT2D eigenvalue weighted by Crippen LogP contribution is 2.43. The molecule has 1 N–H and O–H groups in total. The van der Waals surface area contributed by atoms with Gasteiger partial charge in [-0.3, -0.25) is 4.89 Å². The van der Waals surface area contributed by atoms with Crippen molar-refractivity contribution in [3.05, 3.63) is 24.7 Å². The van der Waals surface area contributed by atoms with Gasteiger partial charge >= 0.3 is 7.82 Å². The molecular weight excluding hydrogens is 479 g/mol. The SMILES string of the molecule is CCCCCCCCCCCCCCC=COP(=O)(O)OC=CCCCCCCCCCCCCCC. The first-order chi connectivity index (χ1) is 18.1. The fraction of sp³-hybridized carbons (Fsp3) is 0.875. The van der Waals surface area contributed by atoms with Crippen LogP contribution >= 0.6 is 7.82 Å². The van der Waals surface area contributed by atoms with Gasteiger partial charge in [0.25, 0.3) is 0 Å². The van der Waals surface area contributed by atoms with E-state index < -0.39 is 7.82 Å². The van der Waals surface area contributed by atoms with E-state index in [0.29, 0.717) is 0 Å². The average molecular weight is 543 g/mol. The molecule has 0 atom stereocenters. The van der Waals surface area contributed by atoms with Crippen molar-refractivity contribution >= 4 is 7.82 Å². The van der Waals surface area contributed by atoms with Gasteiger partial charge in [-0.2, -0.15) is 0 Å². The van der Waals surface area contributed by atoms with Crippen LogP contribution in [0.2, 0.25) is 0 Å². The van der Waals surface area contributed by atoms with Crippen LogP contribution in [0.1, 0.15) is 181 Å². The Morgan fingerprint density at radius 2 is 0.703 bits per heavy atom. The van der Waals surface area contributed by atoms with Gasteiger partial charge in [0.15, 0.2) is 0 Å². The molecule has 4 nitrogen and oxygen atoms in total. The molecule has 0 saturated heterocycles. The van der Waals surface area contributed by atoms with Crippen molar-refractivity contribution in [2.24, 2.45) is 0 Å². The molecule has 220 valence electrons.